The minimum atomic E-state index is -0.0377. The molecule has 0 bridgehead atoms. The van der Waals surface area contributed by atoms with Gasteiger partial charge in [-0.1, -0.05) is 42.5 Å². The van der Waals surface area contributed by atoms with Crippen molar-refractivity contribution in [1.82, 2.24) is 15.0 Å². The molecule has 0 saturated heterocycles. The number of hydrogen-bond donors (Lipinski definition) is 2. The van der Waals surface area contributed by atoms with Crippen LogP contribution >= 0.6 is 0 Å². The van der Waals surface area contributed by atoms with Crippen molar-refractivity contribution < 1.29 is 0 Å². The molecule has 2 heterocycles. The van der Waals surface area contributed by atoms with Crippen molar-refractivity contribution >= 4 is 11.0 Å². The molecule has 5 rings (SSSR count). The zero-order valence-electron chi connectivity index (χ0n) is 14.4. The Morgan fingerprint density at radius 1 is 0.962 bits per heavy atom. The molecule has 4 aromatic rings. The zero-order chi connectivity index (χ0) is 17.6. The summed E-state index contributed by atoms with van der Waals surface area (Å²) in [6.45, 7) is 0.633. The van der Waals surface area contributed by atoms with Crippen molar-refractivity contribution in [3.8, 4) is 11.3 Å². The molecule has 0 aliphatic heterocycles. The Hall–Kier alpha value is -2.98. The first kappa shape index (κ1) is 15.3. The summed E-state index contributed by atoms with van der Waals surface area (Å²) in [6.07, 6.45) is 5.51. The lowest BCUT2D eigenvalue weighted by atomic mass is 9.77. The Bertz CT molecular complexity index is 1070. The third kappa shape index (κ3) is 2.26. The molecule has 26 heavy (non-hydrogen) atoms. The minimum absolute atomic E-state index is 0.0377. The van der Waals surface area contributed by atoms with Crippen LogP contribution in [0.3, 0.4) is 0 Å². The average Bonchev–Trinajstić information content (AvgIpc) is 3.32. The van der Waals surface area contributed by atoms with Gasteiger partial charge in [-0.3, -0.25) is 0 Å². The fourth-order valence-electron chi connectivity index (χ4n) is 4.26. The summed E-state index contributed by atoms with van der Waals surface area (Å²) < 4.78 is 0. The topological polar surface area (TPSA) is 67.6 Å². The molecule has 1 aliphatic carbocycles. The van der Waals surface area contributed by atoms with E-state index in [4.69, 9.17) is 5.73 Å². The van der Waals surface area contributed by atoms with Crippen molar-refractivity contribution in [2.75, 3.05) is 6.54 Å². The highest BCUT2D eigenvalue weighted by atomic mass is 14.9. The lowest BCUT2D eigenvalue weighted by Gasteiger charge is -2.28. The van der Waals surface area contributed by atoms with E-state index in [0.29, 0.717) is 6.54 Å². The maximum Gasteiger partial charge on any atom is 0.141 e. The van der Waals surface area contributed by atoms with Crippen LogP contribution in [-0.2, 0) is 18.3 Å². The molecule has 0 amide bonds. The molecule has 128 valence electrons. The third-order valence-electron chi connectivity index (χ3n) is 5.67. The molecule has 2 aromatic carbocycles. The van der Waals surface area contributed by atoms with E-state index in [1.165, 1.54) is 16.7 Å². The number of benzene rings is 2. The van der Waals surface area contributed by atoms with E-state index in [1.807, 2.05) is 12.3 Å². The van der Waals surface area contributed by atoms with Crippen molar-refractivity contribution in [2.45, 2.75) is 18.3 Å². The van der Waals surface area contributed by atoms with Gasteiger partial charge in [0.1, 0.15) is 12.0 Å². The summed E-state index contributed by atoms with van der Waals surface area (Å²) in [6, 6.07) is 19.4. The highest BCUT2D eigenvalue weighted by Gasteiger charge is 2.37. The van der Waals surface area contributed by atoms with Crippen LogP contribution in [0.4, 0.5) is 0 Å². The number of hydrogen-bond acceptors (Lipinski definition) is 3. The second-order valence-electron chi connectivity index (χ2n) is 7.15. The van der Waals surface area contributed by atoms with Gasteiger partial charge in [-0.25, -0.2) is 9.97 Å². The van der Waals surface area contributed by atoms with Crippen molar-refractivity contribution in [1.29, 1.82) is 0 Å². The first-order chi connectivity index (χ1) is 12.8. The Kier molecular flexibility index (Phi) is 3.40. The maximum absolute atomic E-state index is 6.31. The maximum atomic E-state index is 6.31. The van der Waals surface area contributed by atoms with E-state index in [2.05, 4.69) is 63.5 Å². The van der Waals surface area contributed by atoms with Crippen LogP contribution in [0.25, 0.3) is 22.3 Å². The lowest BCUT2D eigenvalue weighted by Crippen LogP contribution is -2.36. The quantitative estimate of drug-likeness (QED) is 0.598. The largest absolute Gasteiger partial charge is 0.346 e. The molecule has 0 atom stereocenters. The smallest absolute Gasteiger partial charge is 0.141 e. The van der Waals surface area contributed by atoms with E-state index in [1.54, 1.807) is 6.33 Å². The van der Waals surface area contributed by atoms with Gasteiger partial charge in [0.05, 0.1) is 5.69 Å². The number of nitrogens with two attached hydrogens (primary N) is 1. The van der Waals surface area contributed by atoms with Gasteiger partial charge in [0.2, 0.25) is 0 Å². The first-order valence-electron chi connectivity index (χ1n) is 8.95. The van der Waals surface area contributed by atoms with Crippen LogP contribution in [0.5, 0.6) is 0 Å². The Morgan fingerprint density at radius 3 is 2.54 bits per heavy atom. The molecule has 4 nitrogen and oxygen atoms in total. The van der Waals surface area contributed by atoms with Gasteiger partial charge in [-0.2, -0.15) is 0 Å². The van der Waals surface area contributed by atoms with Crippen LogP contribution in [0, 0.1) is 0 Å². The Morgan fingerprint density at radius 2 is 1.77 bits per heavy atom. The molecular formula is C22H20N4. The third-order valence-corrected chi connectivity index (χ3v) is 5.67. The van der Waals surface area contributed by atoms with Crippen LogP contribution < -0.4 is 5.73 Å². The molecule has 4 heteroatoms. The first-order valence-corrected chi connectivity index (χ1v) is 8.95. The van der Waals surface area contributed by atoms with Gasteiger partial charge in [-0.05, 0) is 41.7 Å². The number of H-pyrrole nitrogens is 1. The summed E-state index contributed by atoms with van der Waals surface area (Å²) in [5.41, 5.74) is 13.3. The molecule has 0 unspecified atom stereocenters. The predicted octanol–water partition coefficient (Wildman–Crippen LogP) is 3.62. The van der Waals surface area contributed by atoms with Crippen LogP contribution in [0.15, 0.2) is 67.1 Å². The van der Waals surface area contributed by atoms with E-state index in [-0.39, 0.29) is 5.41 Å². The number of aromatic nitrogens is 3. The molecule has 0 spiro atoms. The summed E-state index contributed by atoms with van der Waals surface area (Å²) in [5, 5.41) is 1.04. The standard InChI is InChI=1S/C22H20N4/c23-13-22(11-16-4-1-2-5-17(16)12-22)18-7-3-6-15(10-18)20-19-8-9-24-21(19)26-14-25-20/h1-10,14H,11-13,23H2,(H,24,25,26). The summed E-state index contributed by atoms with van der Waals surface area (Å²) >= 11 is 0. The van der Waals surface area contributed by atoms with Gasteiger partial charge < -0.3 is 10.7 Å². The molecule has 0 fully saturated rings. The lowest BCUT2D eigenvalue weighted by molar-refractivity contribution is 0.464. The molecule has 1 aliphatic rings. The van der Waals surface area contributed by atoms with Crippen LogP contribution in [0.2, 0.25) is 0 Å². The van der Waals surface area contributed by atoms with E-state index >= 15 is 0 Å². The summed E-state index contributed by atoms with van der Waals surface area (Å²) in [4.78, 5) is 12.0. The number of fused-ring (bicyclic) bond motifs is 2. The van der Waals surface area contributed by atoms with Gasteiger partial charge in [-0.15, -0.1) is 0 Å². The molecule has 2 aromatic heterocycles. The predicted molar refractivity (Wildman–Crippen MR) is 104 cm³/mol. The highest BCUT2D eigenvalue weighted by Crippen LogP contribution is 2.40. The van der Waals surface area contributed by atoms with Gasteiger partial charge in [0.25, 0.3) is 0 Å². The highest BCUT2D eigenvalue weighted by molar-refractivity contribution is 5.90. The minimum Gasteiger partial charge on any atom is -0.346 e. The summed E-state index contributed by atoms with van der Waals surface area (Å²) in [5.74, 6) is 0. The van der Waals surface area contributed by atoms with Crippen LogP contribution in [-0.4, -0.2) is 21.5 Å². The SMILES string of the molecule is NCC1(c2cccc(-c3ncnc4[nH]ccc34)c2)Cc2ccccc2C1. The Balaban J connectivity index is 1.61. The molecule has 0 radical (unpaired) electrons. The molecular weight excluding hydrogens is 320 g/mol. The number of nitrogens with one attached hydrogen (secondary N) is 1. The normalized spacial score (nSPS) is 15.3. The van der Waals surface area contributed by atoms with Gasteiger partial charge in [0.15, 0.2) is 0 Å². The molecule has 3 N–H and O–H groups in total. The number of rotatable bonds is 3. The van der Waals surface area contributed by atoms with E-state index < -0.39 is 0 Å². The fraction of sp³-hybridized carbons (Fsp3) is 0.182. The summed E-state index contributed by atoms with van der Waals surface area (Å²) in [7, 11) is 0. The second kappa shape index (κ2) is 5.78. The Labute approximate surface area is 152 Å². The van der Waals surface area contributed by atoms with Crippen molar-refractivity contribution in [3.05, 3.63) is 83.8 Å². The van der Waals surface area contributed by atoms with E-state index in [9.17, 15) is 0 Å². The number of aromatic amines is 1. The fourth-order valence-corrected chi connectivity index (χ4v) is 4.26. The van der Waals surface area contributed by atoms with Crippen molar-refractivity contribution in [2.24, 2.45) is 5.73 Å². The van der Waals surface area contributed by atoms with Gasteiger partial charge in [0, 0.05) is 29.1 Å². The van der Waals surface area contributed by atoms with Crippen LogP contribution in [0.1, 0.15) is 16.7 Å². The number of nitrogens with zero attached hydrogens (tertiary/aromatic N) is 2. The van der Waals surface area contributed by atoms with E-state index in [0.717, 1.165) is 35.1 Å². The average molecular weight is 340 g/mol. The van der Waals surface area contributed by atoms with Crippen molar-refractivity contribution in [3.63, 3.8) is 0 Å². The zero-order valence-corrected chi connectivity index (χ0v) is 14.4. The second-order valence-corrected chi connectivity index (χ2v) is 7.15. The van der Waals surface area contributed by atoms with Gasteiger partial charge >= 0.3 is 0 Å². The monoisotopic (exact) mass is 340 g/mol. The molecule has 0 saturated carbocycles.